The van der Waals surface area contributed by atoms with E-state index in [-0.39, 0.29) is 25.0 Å². The number of amides is 2. The number of carbonyl (C=O) groups excluding carboxylic acids is 2. The fraction of sp³-hybridized carbons (Fsp3) is 0.348. The molecule has 0 aromatic heterocycles. The highest BCUT2D eigenvalue weighted by Crippen LogP contribution is 2.27. The predicted octanol–water partition coefficient (Wildman–Crippen LogP) is 1.80. The molecule has 0 unspecified atom stereocenters. The summed E-state index contributed by atoms with van der Waals surface area (Å²) in [6.07, 6.45) is 1.52. The summed E-state index contributed by atoms with van der Waals surface area (Å²) in [6.45, 7) is 4.82. The van der Waals surface area contributed by atoms with Crippen LogP contribution >= 0.6 is 0 Å². The SMILES string of the molecule is COc1cc(/C=N\NC(=O)CN2CCOCC2)ccc1OCC(=O)Nc1cccc(C)c1. The van der Waals surface area contributed by atoms with Gasteiger partial charge in [-0.25, -0.2) is 5.43 Å². The van der Waals surface area contributed by atoms with Crippen LogP contribution in [-0.4, -0.2) is 69.5 Å². The molecule has 0 aliphatic carbocycles. The molecule has 3 rings (SSSR count). The van der Waals surface area contributed by atoms with Gasteiger partial charge in [0.05, 0.1) is 33.1 Å². The molecule has 1 fully saturated rings. The number of aryl methyl sites for hydroxylation is 1. The fourth-order valence-electron chi connectivity index (χ4n) is 3.12. The molecule has 0 atom stereocenters. The number of methoxy groups -OCH3 is 1. The lowest BCUT2D eigenvalue weighted by Gasteiger charge is -2.25. The summed E-state index contributed by atoms with van der Waals surface area (Å²) in [5.74, 6) is 0.429. The van der Waals surface area contributed by atoms with Crippen molar-refractivity contribution in [2.24, 2.45) is 5.10 Å². The molecule has 1 aliphatic rings. The first kappa shape index (κ1) is 23.2. The molecule has 1 aliphatic heterocycles. The van der Waals surface area contributed by atoms with Crippen LogP contribution in [0, 0.1) is 6.92 Å². The minimum Gasteiger partial charge on any atom is -0.493 e. The molecule has 170 valence electrons. The first-order chi connectivity index (χ1) is 15.5. The highest BCUT2D eigenvalue weighted by atomic mass is 16.5. The quantitative estimate of drug-likeness (QED) is 0.456. The maximum atomic E-state index is 12.2. The van der Waals surface area contributed by atoms with E-state index >= 15 is 0 Å². The van der Waals surface area contributed by atoms with Crippen LogP contribution in [0.5, 0.6) is 11.5 Å². The maximum absolute atomic E-state index is 12.2. The number of hydrogen-bond acceptors (Lipinski definition) is 7. The van der Waals surface area contributed by atoms with Crippen LogP contribution in [0.15, 0.2) is 47.6 Å². The van der Waals surface area contributed by atoms with Gasteiger partial charge in [-0.2, -0.15) is 5.10 Å². The number of carbonyl (C=O) groups is 2. The molecule has 0 bridgehead atoms. The lowest BCUT2D eigenvalue weighted by molar-refractivity contribution is -0.123. The van der Waals surface area contributed by atoms with Crippen LogP contribution < -0.4 is 20.2 Å². The third-order valence-electron chi connectivity index (χ3n) is 4.72. The summed E-state index contributed by atoms with van der Waals surface area (Å²) in [6, 6.07) is 12.7. The second-order valence-electron chi connectivity index (χ2n) is 7.30. The number of morpholine rings is 1. The van der Waals surface area contributed by atoms with Crippen molar-refractivity contribution in [3.63, 3.8) is 0 Å². The van der Waals surface area contributed by atoms with E-state index in [1.54, 1.807) is 18.2 Å². The van der Waals surface area contributed by atoms with E-state index in [0.717, 1.165) is 18.7 Å². The molecule has 32 heavy (non-hydrogen) atoms. The smallest absolute Gasteiger partial charge is 0.262 e. The molecule has 0 radical (unpaired) electrons. The third kappa shape index (κ3) is 7.36. The molecule has 2 N–H and O–H groups in total. The summed E-state index contributed by atoms with van der Waals surface area (Å²) in [5, 5.41) is 6.79. The van der Waals surface area contributed by atoms with Crippen molar-refractivity contribution in [3.05, 3.63) is 53.6 Å². The van der Waals surface area contributed by atoms with Gasteiger partial charge in [-0.15, -0.1) is 0 Å². The standard InChI is InChI=1S/C23H28N4O5/c1-17-4-3-5-19(12-17)25-23(29)16-32-20-7-6-18(13-21(20)30-2)14-24-26-22(28)15-27-8-10-31-11-9-27/h3-7,12-14H,8-11,15-16H2,1-2H3,(H,25,29)(H,26,28)/b24-14-. The lowest BCUT2D eigenvalue weighted by Crippen LogP contribution is -2.42. The molecule has 0 saturated carbocycles. The molecule has 9 heteroatoms. The fourth-order valence-corrected chi connectivity index (χ4v) is 3.12. The summed E-state index contributed by atoms with van der Waals surface area (Å²) in [5.41, 5.74) is 5.00. The van der Waals surface area contributed by atoms with Gasteiger partial charge in [-0.1, -0.05) is 12.1 Å². The van der Waals surface area contributed by atoms with E-state index in [0.29, 0.717) is 36.0 Å². The highest BCUT2D eigenvalue weighted by Gasteiger charge is 2.13. The Morgan fingerprint density at radius 1 is 1.12 bits per heavy atom. The molecular weight excluding hydrogens is 412 g/mol. The molecule has 1 heterocycles. The minimum atomic E-state index is -0.272. The first-order valence-electron chi connectivity index (χ1n) is 10.3. The van der Waals surface area contributed by atoms with Crippen molar-refractivity contribution in [2.45, 2.75) is 6.92 Å². The van der Waals surface area contributed by atoms with Crippen molar-refractivity contribution >= 4 is 23.7 Å². The molecule has 1 saturated heterocycles. The Kier molecular flexibility index (Phi) is 8.59. The van der Waals surface area contributed by atoms with Crippen LogP contribution in [-0.2, 0) is 14.3 Å². The number of hydrazone groups is 1. The van der Waals surface area contributed by atoms with Gasteiger partial charge in [0, 0.05) is 18.8 Å². The van der Waals surface area contributed by atoms with E-state index in [1.165, 1.54) is 13.3 Å². The molecule has 2 aromatic carbocycles. The average molecular weight is 441 g/mol. The maximum Gasteiger partial charge on any atom is 0.262 e. The molecule has 0 spiro atoms. The van der Waals surface area contributed by atoms with Crippen molar-refractivity contribution in [2.75, 3.05) is 51.9 Å². The summed E-state index contributed by atoms with van der Waals surface area (Å²) in [7, 11) is 1.51. The Hall–Kier alpha value is -3.43. The topological polar surface area (TPSA) is 101 Å². The predicted molar refractivity (Wildman–Crippen MR) is 121 cm³/mol. The minimum absolute atomic E-state index is 0.157. The summed E-state index contributed by atoms with van der Waals surface area (Å²) < 4.78 is 16.2. The average Bonchev–Trinajstić information content (AvgIpc) is 2.78. The number of benzene rings is 2. The van der Waals surface area contributed by atoms with Gasteiger partial charge < -0.3 is 19.5 Å². The zero-order valence-corrected chi connectivity index (χ0v) is 18.3. The number of ether oxygens (including phenoxy) is 3. The summed E-state index contributed by atoms with van der Waals surface area (Å²) >= 11 is 0. The molecule has 9 nitrogen and oxygen atoms in total. The van der Waals surface area contributed by atoms with E-state index in [2.05, 4.69) is 15.8 Å². The van der Waals surface area contributed by atoms with E-state index in [4.69, 9.17) is 14.2 Å². The Morgan fingerprint density at radius 2 is 1.94 bits per heavy atom. The van der Waals surface area contributed by atoms with Crippen molar-refractivity contribution in [1.82, 2.24) is 10.3 Å². The number of anilines is 1. The zero-order valence-electron chi connectivity index (χ0n) is 18.3. The largest absolute Gasteiger partial charge is 0.493 e. The van der Waals surface area contributed by atoms with E-state index in [9.17, 15) is 9.59 Å². The van der Waals surface area contributed by atoms with Gasteiger partial charge in [0.15, 0.2) is 18.1 Å². The second kappa shape index (κ2) is 11.8. The van der Waals surface area contributed by atoms with Crippen LogP contribution in [0.25, 0.3) is 0 Å². The van der Waals surface area contributed by atoms with Gasteiger partial charge in [0.2, 0.25) is 0 Å². The second-order valence-corrected chi connectivity index (χ2v) is 7.30. The van der Waals surface area contributed by atoms with Crippen molar-refractivity contribution in [1.29, 1.82) is 0 Å². The van der Waals surface area contributed by atoms with Crippen molar-refractivity contribution < 1.29 is 23.8 Å². The number of hydrogen-bond donors (Lipinski definition) is 2. The Labute approximate surface area is 187 Å². The Balaban J connectivity index is 1.49. The highest BCUT2D eigenvalue weighted by molar-refractivity contribution is 5.92. The summed E-state index contributed by atoms with van der Waals surface area (Å²) in [4.78, 5) is 26.2. The number of nitrogens with zero attached hydrogens (tertiary/aromatic N) is 2. The first-order valence-corrected chi connectivity index (χ1v) is 10.3. The van der Waals surface area contributed by atoms with Crippen molar-refractivity contribution in [3.8, 4) is 11.5 Å². The Morgan fingerprint density at radius 3 is 2.69 bits per heavy atom. The van der Waals surface area contributed by atoms with E-state index in [1.807, 2.05) is 36.1 Å². The van der Waals surface area contributed by atoms with Crippen LogP contribution in [0.1, 0.15) is 11.1 Å². The molecular formula is C23H28N4O5. The molecule has 2 amide bonds. The van der Waals surface area contributed by atoms with Gasteiger partial charge in [0.25, 0.3) is 11.8 Å². The third-order valence-corrected chi connectivity index (χ3v) is 4.72. The van der Waals surface area contributed by atoms with Gasteiger partial charge in [0.1, 0.15) is 0 Å². The Bertz CT molecular complexity index is 957. The van der Waals surface area contributed by atoms with Crippen LogP contribution in [0.2, 0.25) is 0 Å². The van der Waals surface area contributed by atoms with Crippen LogP contribution in [0.4, 0.5) is 5.69 Å². The van der Waals surface area contributed by atoms with Crippen LogP contribution in [0.3, 0.4) is 0 Å². The normalized spacial score (nSPS) is 14.2. The van der Waals surface area contributed by atoms with Gasteiger partial charge in [-0.05, 0) is 48.4 Å². The van der Waals surface area contributed by atoms with Gasteiger partial charge >= 0.3 is 0 Å². The lowest BCUT2D eigenvalue weighted by atomic mass is 10.2. The molecule has 2 aromatic rings. The van der Waals surface area contributed by atoms with Gasteiger partial charge in [-0.3, -0.25) is 14.5 Å². The van der Waals surface area contributed by atoms with E-state index < -0.39 is 0 Å². The zero-order chi connectivity index (χ0) is 22.8. The number of nitrogens with one attached hydrogen (secondary N) is 2. The number of rotatable bonds is 9. The monoisotopic (exact) mass is 440 g/mol.